The van der Waals surface area contributed by atoms with Gasteiger partial charge in [0.1, 0.15) is 0 Å². The van der Waals surface area contributed by atoms with Gasteiger partial charge in [0, 0.05) is 43.2 Å². The fourth-order valence-electron chi connectivity index (χ4n) is 3.86. The summed E-state index contributed by atoms with van der Waals surface area (Å²) in [6.45, 7) is 7.04. The van der Waals surface area contributed by atoms with E-state index in [1.165, 1.54) is 0 Å². The summed E-state index contributed by atoms with van der Waals surface area (Å²) in [5, 5.41) is 2.63. The molecule has 6 nitrogen and oxygen atoms in total. The molecule has 0 aromatic carbocycles. The first-order chi connectivity index (χ1) is 11.9. The van der Waals surface area contributed by atoms with E-state index in [9.17, 15) is 8.42 Å². The molecule has 0 amide bonds. The Bertz CT molecular complexity index is 880. The standard InChI is InChI=1S/C17H22N4O2S2/c1-12-4-3-5-15(18-12)8-20-6-14-7-21(25(22,23)17(14)10-20)9-16-11-24-13(2)19-16/h3-5,11,14,17H,6-10H2,1-2H3/t14-,17-/m0/s1. The fourth-order valence-corrected chi connectivity index (χ4v) is 6.61. The molecule has 2 aliphatic heterocycles. The van der Waals surface area contributed by atoms with Gasteiger partial charge in [-0.2, -0.15) is 4.31 Å². The van der Waals surface area contributed by atoms with Crippen molar-refractivity contribution in [3.8, 4) is 0 Å². The van der Waals surface area contributed by atoms with E-state index < -0.39 is 10.0 Å². The van der Waals surface area contributed by atoms with Gasteiger partial charge in [-0.15, -0.1) is 11.3 Å². The van der Waals surface area contributed by atoms with E-state index in [4.69, 9.17) is 0 Å². The van der Waals surface area contributed by atoms with Crippen molar-refractivity contribution in [3.05, 3.63) is 45.7 Å². The molecule has 2 aliphatic rings. The van der Waals surface area contributed by atoms with Gasteiger partial charge in [0.2, 0.25) is 10.0 Å². The Morgan fingerprint density at radius 3 is 2.64 bits per heavy atom. The van der Waals surface area contributed by atoms with Crippen molar-refractivity contribution in [1.82, 2.24) is 19.2 Å². The summed E-state index contributed by atoms with van der Waals surface area (Å²) in [7, 11) is -3.25. The summed E-state index contributed by atoms with van der Waals surface area (Å²) in [6.07, 6.45) is 0. The van der Waals surface area contributed by atoms with Gasteiger partial charge in [-0.25, -0.2) is 13.4 Å². The van der Waals surface area contributed by atoms with Crippen molar-refractivity contribution < 1.29 is 8.42 Å². The average Bonchev–Trinajstić information content (AvgIpc) is 3.18. The number of likely N-dealkylation sites (tertiary alicyclic amines) is 1. The minimum atomic E-state index is -3.25. The van der Waals surface area contributed by atoms with E-state index >= 15 is 0 Å². The van der Waals surface area contributed by atoms with Crippen LogP contribution < -0.4 is 0 Å². The van der Waals surface area contributed by atoms with Gasteiger partial charge >= 0.3 is 0 Å². The van der Waals surface area contributed by atoms with Crippen LogP contribution in [-0.2, 0) is 23.1 Å². The van der Waals surface area contributed by atoms with E-state index in [1.54, 1.807) is 15.6 Å². The molecular formula is C17H22N4O2S2. The lowest BCUT2D eigenvalue weighted by molar-refractivity contribution is 0.291. The molecule has 134 valence electrons. The quantitative estimate of drug-likeness (QED) is 0.812. The Morgan fingerprint density at radius 2 is 1.96 bits per heavy atom. The van der Waals surface area contributed by atoms with Crippen LogP contribution in [0.3, 0.4) is 0 Å². The Kier molecular flexibility index (Phi) is 4.39. The minimum Gasteiger partial charge on any atom is -0.296 e. The van der Waals surface area contributed by atoms with E-state index in [-0.39, 0.29) is 11.2 Å². The Labute approximate surface area is 152 Å². The third-order valence-electron chi connectivity index (χ3n) is 4.97. The van der Waals surface area contributed by atoms with Gasteiger partial charge in [-0.3, -0.25) is 9.88 Å². The van der Waals surface area contributed by atoms with Crippen molar-refractivity contribution in [2.24, 2.45) is 5.92 Å². The van der Waals surface area contributed by atoms with Crippen LogP contribution in [0.4, 0.5) is 0 Å². The molecule has 0 N–H and O–H groups in total. The zero-order valence-corrected chi connectivity index (χ0v) is 16.1. The van der Waals surface area contributed by atoms with Crippen LogP contribution in [0.25, 0.3) is 0 Å². The maximum absolute atomic E-state index is 12.9. The van der Waals surface area contributed by atoms with Crippen molar-refractivity contribution in [2.75, 3.05) is 19.6 Å². The second-order valence-corrected chi connectivity index (χ2v) is 10.2. The molecule has 0 unspecified atom stereocenters. The lowest BCUT2D eigenvalue weighted by atomic mass is 10.1. The predicted molar refractivity (Wildman–Crippen MR) is 97.7 cm³/mol. The van der Waals surface area contributed by atoms with Crippen LogP contribution in [0.2, 0.25) is 0 Å². The molecule has 2 aromatic rings. The van der Waals surface area contributed by atoms with Crippen LogP contribution in [0, 0.1) is 19.8 Å². The summed E-state index contributed by atoms with van der Waals surface area (Å²) < 4.78 is 27.4. The maximum atomic E-state index is 12.9. The number of hydrogen-bond acceptors (Lipinski definition) is 6. The first kappa shape index (κ1) is 17.1. The predicted octanol–water partition coefficient (Wildman–Crippen LogP) is 1.80. The monoisotopic (exact) mass is 378 g/mol. The molecule has 2 atom stereocenters. The lowest BCUT2D eigenvalue weighted by Crippen LogP contribution is -2.34. The van der Waals surface area contributed by atoms with Gasteiger partial charge in [0.25, 0.3) is 0 Å². The molecule has 0 bridgehead atoms. The molecule has 8 heteroatoms. The van der Waals surface area contributed by atoms with Gasteiger partial charge in [0.15, 0.2) is 0 Å². The van der Waals surface area contributed by atoms with Crippen molar-refractivity contribution in [3.63, 3.8) is 0 Å². The molecule has 2 saturated heterocycles. The highest BCUT2D eigenvalue weighted by molar-refractivity contribution is 7.90. The van der Waals surface area contributed by atoms with Crippen LogP contribution in [-0.4, -0.2) is 52.5 Å². The summed E-state index contributed by atoms with van der Waals surface area (Å²) in [5.74, 6) is 0.176. The number of sulfonamides is 1. The number of fused-ring (bicyclic) bond motifs is 1. The number of aryl methyl sites for hydroxylation is 2. The number of nitrogens with zero attached hydrogens (tertiary/aromatic N) is 4. The molecule has 0 radical (unpaired) electrons. The topological polar surface area (TPSA) is 66.4 Å². The summed E-state index contributed by atoms with van der Waals surface area (Å²) in [4.78, 5) is 11.2. The highest BCUT2D eigenvalue weighted by atomic mass is 32.2. The van der Waals surface area contributed by atoms with Gasteiger partial charge in [-0.05, 0) is 26.0 Å². The lowest BCUT2D eigenvalue weighted by Gasteiger charge is -2.20. The highest BCUT2D eigenvalue weighted by Gasteiger charge is 2.50. The second kappa shape index (κ2) is 6.42. The first-order valence-corrected chi connectivity index (χ1v) is 10.8. The molecule has 2 fully saturated rings. The third kappa shape index (κ3) is 3.36. The van der Waals surface area contributed by atoms with Crippen LogP contribution in [0.1, 0.15) is 22.1 Å². The molecule has 4 rings (SSSR count). The van der Waals surface area contributed by atoms with Crippen molar-refractivity contribution >= 4 is 21.4 Å². The molecule has 2 aromatic heterocycles. The largest absolute Gasteiger partial charge is 0.296 e. The van der Waals surface area contributed by atoms with E-state index in [0.29, 0.717) is 19.6 Å². The third-order valence-corrected chi connectivity index (χ3v) is 8.09. The maximum Gasteiger partial charge on any atom is 0.218 e. The number of hydrogen-bond donors (Lipinski definition) is 0. The number of pyridine rings is 1. The van der Waals surface area contributed by atoms with E-state index in [0.717, 1.165) is 35.2 Å². The molecule has 25 heavy (non-hydrogen) atoms. The molecule has 4 heterocycles. The summed E-state index contributed by atoms with van der Waals surface area (Å²) in [6, 6.07) is 5.99. The first-order valence-electron chi connectivity index (χ1n) is 8.46. The van der Waals surface area contributed by atoms with E-state index in [2.05, 4.69) is 14.9 Å². The number of thiazole rings is 1. The Morgan fingerprint density at radius 1 is 1.12 bits per heavy atom. The van der Waals surface area contributed by atoms with Crippen LogP contribution in [0.15, 0.2) is 23.6 Å². The molecular weight excluding hydrogens is 356 g/mol. The normalized spacial score (nSPS) is 26.2. The summed E-state index contributed by atoms with van der Waals surface area (Å²) in [5.41, 5.74) is 2.85. The van der Waals surface area contributed by atoms with E-state index in [1.807, 2.05) is 37.4 Å². The van der Waals surface area contributed by atoms with Crippen LogP contribution >= 0.6 is 11.3 Å². The Balaban J connectivity index is 1.44. The SMILES string of the molecule is Cc1cccc(CN2C[C@H]3CN(Cc4csc(C)n4)S(=O)(=O)[C@H]3C2)n1. The van der Waals surface area contributed by atoms with Crippen molar-refractivity contribution in [2.45, 2.75) is 32.2 Å². The zero-order chi connectivity index (χ0) is 17.6. The molecule has 0 aliphatic carbocycles. The minimum absolute atomic E-state index is 0.176. The van der Waals surface area contributed by atoms with Gasteiger partial charge in [0.05, 0.1) is 28.2 Å². The number of rotatable bonds is 4. The van der Waals surface area contributed by atoms with Gasteiger partial charge in [-0.1, -0.05) is 6.07 Å². The van der Waals surface area contributed by atoms with Crippen molar-refractivity contribution in [1.29, 1.82) is 0 Å². The highest BCUT2D eigenvalue weighted by Crippen LogP contribution is 2.35. The summed E-state index contributed by atoms with van der Waals surface area (Å²) >= 11 is 1.56. The molecule has 0 spiro atoms. The van der Waals surface area contributed by atoms with Crippen LogP contribution in [0.5, 0.6) is 0 Å². The number of aromatic nitrogens is 2. The fraction of sp³-hybridized carbons (Fsp3) is 0.529. The molecule has 0 saturated carbocycles. The zero-order valence-electron chi connectivity index (χ0n) is 14.4. The Hall–Kier alpha value is -1.35. The van der Waals surface area contributed by atoms with Gasteiger partial charge < -0.3 is 0 Å². The second-order valence-electron chi connectivity index (χ2n) is 6.96. The smallest absolute Gasteiger partial charge is 0.218 e. The average molecular weight is 379 g/mol.